The van der Waals surface area contributed by atoms with E-state index < -0.39 is 0 Å². The Balaban J connectivity index is 2.17. The van der Waals surface area contributed by atoms with Gasteiger partial charge >= 0.3 is 11.8 Å². The molecule has 6 nitrogen and oxygen atoms in total. The van der Waals surface area contributed by atoms with Crippen LogP contribution in [-0.2, 0) is 0 Å². The number of hydrogen-bond acceptors (Lipinski definition) is 5. The minimum Gasteiger partial charge on any atom is -0.497 e. The van der Waals surface area contributed by atoms with E-state index in [0.717, 1.165) is 11.3 Å². The van der Waals surface area contributed by atoms with Gasteiger partial charge in [-0.2, -0.15) is 0 Å². The molecule has 0 saturated carbocycles. The summed E-state index contributed by atoms with van der Waals surface area (Å²) in [4.78, 5) is 11.9. The molecule has 106 valence electrons. The average Bonchev–Trinajstić information content (AvgIpc) is 2.86. The van der Waals surface area contributed by atoms with E-state index in [2.05, 4.69) is 15.5 Å². The molecule has 0 unspecified atom stereocenters. The maximum atomic E-state index is 11.9. The van der Waals surface area contributed by atoms with Gasteiger partial charge in [0.05, 0.1) is 7.11 Å². The van der Waals surface area contributed by atoms with Gasteiger partial charge in [0.1, 0.15) is 5.75 Å². The number of benzene rings is 1. The van der Waals surface area contributed by atoms with Crippen LogP contribution in [0, 0.1) is 0 Å². The van der Waals surface area contributed by atoms with Gasteiger partial charge in [-0.15, -0.1) is 10.2 Å². The number of nitrogens with zero attached hydrogens (tertiary/aromatic N) is 2. The van der Waals surface area contributed by atoms with Gasteiger partial charge < -0.3 is 14.5 Å². The molecule has 0 fully saturated rings. The summed E-state index contributed by atoms with van der Waals surface area (Å²) in [7, 11) is 1.59. The topological polar surface area (TPSA) is 77.2 Å². The van der Waals surface area contributed by atoms with Crippen LogP contribution in [0.2, 0.25) is 0 Å². The van der Waals surface area contributed by atoms with E-state index in [1.54, 1.807) is 31.4 Å². The number of rotatable bonds is 3. The summed E-state index contributed by atoms with van der Waals surface area (Å²) in [5, 5.41) is 10.4. The predicted molar refractivity (Wildman–Crippen MR) is 73.5 cm³/mol. The first-order valence-electron chi connectivity index (χ1n) is 6.19. The monoisotopic (exact) mass is 275 g/mol. The van der Waals surface area contributed by atoms with E-state index in [9.17, 15) is 4.79 Å². The number of hydrogen-bond donors (Lipinski definition) is 1. The number of carbonyl (C=O) groups is 1. The number of carbonyl (C=O) groups excluding carboxylic acids is 1. The summed E-state index contributed by atoms with van der Waals surface area (Å²) in [6, 6.07) is 7.15. The summed E-state index contributed by atoms with van der Waals surface area (Å²) in [5.41, 5.74) is 0.374. The van der Waals surface area contributed by atoms with Gasteiger partial charge in [0.2, 0.25) is 5.89 Å². The SMILES string of the molecule is COc1ccc(-c2nnc(C(=O)NC(C)(C)C)o2)cc1. The van der Waals surface area contributed by atoms with E-state index in [-0.39, 0.29) is 17.3 Å². The summed E-state index contributed by atoms with van der Waals surface area (Å²) in [5.74, 6) is 0.598. The molecule has 0 aliphatic carbocycles. The van der Waals surface area contributed by atoms with Crippen molar-refractivity contribution < 1.29 is 13.9 Å². The highest BCUT2D eigenvalue weighted by Gasteiger charge is 2.20. The van der Waals surface area contributed by atoms with Crippen LogP contribution < -0.4 is 10.1 Å². The predicted octanol–water partition coefficient (Wildman–Crippen LogP) is 2.27. The lowest BCUT2D eigenvalue weighted by Crippen LogP contribution is -2.40. The Morgan fingerprint density at radius 1 is 1.20 bits per heavy atom. The van der Waals surface area contributed by atoms with Crippen LogP contribution in [-0.4, -0.2) is 28.8 Å². The molecule has 0 aliphatic rings. The fourth-order valence-electron chi connectivity index (χ4n) is 1.56. The van der Waals surface area contributed by atoms with Crippen LogP contribution in [0.25, 0.3) is 11.5 Å². The third-order valence-corrected chi connectivity index (χ3v) is 2.44. The first-order chi connectivity index (χ1) is 9.39. The quantitative estimate of drug-likeness (QED) is 0.929. The first-order valence-corrected chi connectivity index (χ1v) is 6.19. The van der Waals surface area contributed by atoms with Crippen molar-refractivity contribution in [1.82, 2.24) is 15.5 Å². The number of ether oxygens (including phenoxy) is 1. The smallest absolute Gasteiger partial charge is 0.309 e. The highest BCUT2D eigenvalue weighted by molar-refractivity contribution is 5.90. The molecule has 0 bridgehead atoms. The molecule has 1 aromatic heterocycles. The molecule has 0 saturated heterocycles. The molecule has 0 spiro atoms. The third-order valence-electron chi connectivity index (χ3n) is 2.44. The number of amides is 1. The van der Waals surface area contributed by atoms with Crippen LogP contribution in [0.3, 0.4) is 0 Å². The zero-order valence-corrected chi connectivity index (χ0v) is 11.9. The normalized spacial score (nSPS) is 11.2. The van der Waals surface area contributed by atoms with Crippen molar-refractivity contribution in [2.45, 2.75) is 26.3 Å². The lowest BCUT2D eigenvalue weighted by Gasteiger charge is -2.18. The molecule has 1 aromatic carbocycles. The van der Waals surface area contributed by atoms with Gasteiger partial charge in [0.15, 0.2) is 0 Å². The Kier molecular flexibility index (Phi) is 3.74. The molecule has 2 rings (SSSR count). The number of nitrogens with one attached hydrogen (secondary N) is 1. The van der Waals surface area contributed by atoms with Gasteiger partial charge in [-0.25, -0.2) is 0 Å². The minimum absolute atomic E-state index is 0.0502. The maximum absolute atomic E-state index is 11.9. The molecule has 20 heavy (non-hydrogen) atoms. The molecule has 2 aromatic rings. The summed E-state index contributed by atoms with van der Waals surface area (Å²) in [6.07, 6.45) is 0. The highest BCUT2D eigenvalue weighted by Crippen LogP contribution is 2.21. The fourth-order valence-corrected chi connectivity index (χ4v) is 1.56. The minimum atomic E-state index is -0.384. The van der Waals surface area contributed by atoms with Crippen LogP contribution in [0.4, 0.5) is 0 Å². The molecule has 6 heteroatoms. The van der Waals surface area contributed by atoms with Crippen molar-refractivity contribution in [3.8, 4) is 17.2 Å². The van der Waals surface area contributed by atoms with E-state index in [1.165, 1.54) is 0 Å². The summed E-state index contributed by atoms with van der Waals surface area (Å²) < 4.78 is 10.4. The van der Waals surface area contributed by atoms with Gasteiger partial charge in [0, 0.05) is 11.1 Å². The van der Waals surface area contributed by atoms with Crippen LogP contribution in [0.5, 0.6) is 5.75 Å². The Hall–Kier alpha value is -2.37. The van der Waals surface area contributed by atoms with Crippen LogP contribution in [0.1, 0.15) is 31.5 Å². The van der Waals surface area contributed by atoms with Crippen molar-refractivity contribution >= 4 is 5.91 Å². The summed E-state index contributed by atoms with van der Waals surface area (Å²) >= 11 is 0. The first kappa shape index (κ1) is 14.0. The van der Waals surface area contributed by atoms with E-state index >= 15 is 0 Å². The second-order valence-corrected chi connectivity index (χ2v) is 5.34. The van der Waals surface area contributed by atoms with Gasteiger partial charge in [-0.05, 0) is 45.0 Å². The van der Waals surface area contributed by atoms with Gasteiger partial charge in [0.25, 0.3) is 0 Å². The molecular formula is C14H17N3O3. The second-order valence-electron chi connectivity index (χ2n) is 5.34. The summed E-state index contributed by atoms with van der Waals surface area (Å²) in [6.45, 7) is 5.64. The molecule has 0 aliphatic heterocycles. The van der Waals surface area contributed by atoms with Crippen LogP contribution >= 0.6 is 0 Å². The average molecular weight is 275 g/mol. The van der Waals surface area contributed by atoms with Crippen LogP contribution in [0.15, 0.2) is 28.7 Å². The molecule has 0 radical (unpaired) electrons. The molecule has 1 heterocycles. The fraction of sp³-hybridized carbons (Fsp3) is 0.357. The zero-order valence-electron chi connectivity index (χ0n) is 11.9. The third kappa shape index (κ3) is 3.34. The second kappa shape index (κ2) is 5.32. The number of methoxy groups -OCH3 is 1. The van der Waals surface area contributed by atoms with E-state index in [1.807, 2.05) is 20.8 Å². The number of aromatic nitrogens is 2. The van der Waals surface area contributed by atoms with Crippen molar-refractivity contribution in [3.05, 3.63) is 30.2 Å². The lowest BCUT2D eigenvalue weighted by atomic mass is 10.1. The zero-order chi connectivity index (χ0) is 14.8. The molecular weight excluding hydrogens is 258 g/mol. The lowest BCUT2D eigenvalue weighted by molar-refractivity contribution is 0.0884. The standard InChI is InChI=1S/C14H17N3O3/c1-14(2,3)15-11(18)13-17-16-12(20-13)9-5-7-10(19-4)8-6-9/h5-8H,1-4H3,(H,15,18). The van der Waals surface area contributed by atoms with Gasteiger partial charge in [-0.1, -0.05) is 0 Å². The Bertz CT molecular complexity index is 597. The molecule has 0 atom stereocenters. The van der Waals surface area contributed by atoms with E-state index in [4.69, 9.17) is 9.15 Å². The van der Waals surface area contributed by atoms with E-state index in [0.29, 0.717) is 5.89 Å². The van der Waals surface area contributed by atoms with Gasteiger partial charge in [-0.3, -0.25) is 4.79 Å². The molecule has 1 amide bonds. The largest absolute Gasteiger partial charge is 0.497 e. The van der Waals surface area contributed by atoms with Crippen molar-refractivity contribution in [3.63, 3.8) is 0 Å². The Morgan fingerprint density at radius 2 is 1.85 bits per heavy atom. The van der Waals surface area contributed by atoms with Crippen molar-refractivity contribution in [2.24, 2.45) is 0 Å². The molecule has 1 N–H and O–H groups in total. The van der Waals surface area contributed by atoms with Crippen molar-refractivity contribution in [2.75, 3.05) is 7.11 Å². The Labute approximate surface area is 117 Å². The highest BCUT2D eigenvalue weighted by atomic mass is 16.5. The Morgan fingerprint density at radius 3 is 2.40 bits per heavy atom. The maximum Gasteiger partial charge on any atom is 0.309 e. The van der Waals surface area contributed by atoms with Crippen molar-refractivity contribution in [1.29, 1.82) is 0 Å².